The van der Waals surface area contributed by atoms with E-state index in [-0.39, 0.29) is 23.7 Å². The van der Waals surface area contributed by atoms with Crippen LogP contribution in [-0.4, -0.2) is 54.0 Å². The molecule has 3 rings (SSSR count). The molecule has 0 bridgehead atoms. The molecule has 1 aliphatic heterocycles. The lowest BCUT2D eigenvalue weighted by Gasteiger charge is -2.34. The second-order valence-corrected chi connectivity index (χ2v) is 7.17. The second kappa shape index (κ2) is 6.49. The van der Waals surface area contributed by atoms with Gasteiger partial charge in [0.1, 0.15) is 0 Å². The van der Waals surface area contributed by atoms with E-state index >= 15 is 0 Å². The van der Waals surface area contributed by atoms with Gasteiger partial charge < -0.3 is 4.90 Å². The van der Waals surface area contributed by atoms with Gasteiger partial charge in [-0.05, 0) is 18.2 Å². The molecule has 0 saturated carbocycles. The maximum Gasteiger partial charge on any atom is 0.270 e. The molecule has 1 aromatic heterocycles. The molecule has 1 aliphatic rings. The van der Waals surface area contributed by atoms with Crippen molar-refractivity contribution >= 4 is 21.5 Å². The second-order valence-electron chi connectivity index (χ2n) is 5.23. The SMILES string of the molecule is O=[N+]([O-])c1cccc(S(=O)(=O)N2CCN(c3cccnn3)CC2)c1. The third-order valence-corrected chi connectivity index (χ3v) is 5.68. The first-order valence-corrected chi connectivity index (χ1v) is 8.70. The highest BCUT2D eigenvalue weighted by Crippen LogP contribution is 2.22. The van der Waals surface area contributed by atoms with E-state index in [4.69, 9.17) is 0 Å². The van der Waals surface area contributed by atoms with Crippen LogP contribution in [0.15, 0.2) is 47.5 Å². The summed E-state index contributed by atoms with van der Waals surface area (Å²) in [5, 5.41) is 18.7. The standard InChI is InChI=1S/C14H15N5O4S/c20-19(21)12-3-1-4-13(11-12)24(22,23)18-9-7-17(8-10-18)14-5-2-6-15-16-14/h1-6,11H,7-10H2. The van der Waals surface area contributed by atoms with E-state index in [2.05, 4.69) is 10.2 Å². The van der Waals surface area contributed by atoms with Crippen LogP contribution in [-0.2, 0) is 10.0 Å². The zero-order valence-electron chi connectivity index (χ0n) is 12.6. The molecule has 126 valence electrons. The predicted octanol–water partition coefficient (Wildman–Crippen LogP) is 0.896. The molecule has 10 heteroatoms. The summed E-state index contributed by atoms with van der Waals surface area (Å²) in [5.74, 6) is 0.699. The van der Waals surface area contributed by atoms with Crippen LogP contribution in [0.2, 0.25) is 0 Å². The van der Waals surface area contributed by atoms with Gasteiger partial charge in [-0.25, -0.2) is 8.42 Å². The van der Waals surface area contributed by atoms with Crippen molar-refractivity contribution in [3.8, 4) is 0 Å². The number of nitro groups is 1. The molecule has 0 radical (unpaired) electrons. The van der Waals surface area contributed by atoms with E-state index in [9.17, 15) is 18.5 Å². The molecular weight excluding hydrogens is 334 g/mol. The Kier molecular flexibility index (Phi) is 4.40. The fourth-order valence-electron chi connectivity index (χ4n) is 2.53. The number of anilines is 1. The molecule has 0 spiro atoms. The summed E-state index contributed by atoms with van der Waals surface area (Å²) < 4.78 is 26.7. The summed E-state index contributed by atoms with van der Waals surface area (Å²) in [7, 11) is -3.76. The van der Waals surface area contributed by atoms with Gasteiger partial charge in [0.05, 0.1) is 9.82 Å². The zero-order valence-corrected chi connectivity index (χ0v) is 13.5. The predicted molar refractivity (Wildman–Crippen MR) is 86.1 cm³/mol. The lowest BCUT2D eigenvalue weighted by Crippen LogP contribution is -2.48. The van der Waals surface area contributed by atoms with Crippen LogP contribution in [0.4, 0.5) is 11.5 Å². The highest BCUT2D eigenvalue weighted by Gasteiger charge is 2.29. The minimum Gasteiger partial charge on any atom is -0.352 e. The largest absolute Gasteiger partial charge is 0.352 e. The number of aromatic nitrogens is 2. The third-order valence-electron chi connectivity index (χ3n) is 3.79. The number of nitrogens with zero attached hydrogens (tertiary/aromatic N) is 5. The quantitative estimate of drug-likeness (QED) is 0.595. The van der Waals surface area contributed by atoms with Gasteiger partial charge in [0.25, 0.3) is 5.69 Å². The average Bonchev–Trinajstić information content (AvgIpc) is 2.62. The van der Waals surface area contributed by atoms with Crippen LogP contribution in [0.5, 0.6) is 0 Å². The Hall–Kier alpha value is -2.59. The minimum atomic E-state index is -3.76. The number of hydrogen-bond donors (Lipinski definition) is 0. The van der Waals surface area contributed by atoms with Crippen LogP contribution in [0.1, 0.15) is 0 Å². The Labute approximate surface area is 138 Å². The Balaban J connectivity index is 1.75. The summed E-state index contributed by atoms with van der Waals surface area (Å²) in [5.41, 5.74) is -0.241. The van der Waals surface area contributed by atoms with Gasteiger partial charge in [-0.15, -0.1) is 5.10 Å². The van der Waals surface area contributed by atoms with Crippen molar-refractivity contribution in [3.05, 3.63) is 52.7 Å². The van der Waals surface area contributed by atoms with Crippen LogP contribution < -0.4 is 4.90 Å². The van der Waals surface area contributed by atoms with E-state index in [0.717, 1.165) is 6.07 Å². The molecule has 1 saturated heterocycles. The summed E-state index contributed by atoms with van der Waals surface area (Å²) in [4.78, 5) is 12.1. The molecule has 1 aromatic carbocycles. The Morgan fingerprint density at radius 1 is 1.08 bits per heavy atom. The average molecular weight is 349 g/mol. The summed E-state index contributed by atoms with van der Waals surface area (Å²) in [6.45, 7) is 1.52. The van der Waals surface area contributed by atoms with Crippen molar-refractivity contribution in [2.45, 2.75) is 4.90 Å². The number of rotatable bonds is 4. The number of benzene rings is 1. The van der Waals surface area contributed by atoms with Gasteiger partial charge in [-0.3, -0.25) is 10.1 Å². The van der Waals surface area contributed by atoms with Gasteiger partial charge >= 0.3 is 0 Å². The molecule has 2 aromatic rings. The molecule has 24 heavy (non-hydrogen) atoms. The van der Waals surface area contributed by atoms with Crippen molar-refractivity contribution in [1.82, 2.24) is 14.5 Å². The zero-order chi connectivity index (χ0) is 17.2. The molecule has 0 aliphatic carbocycles. The van der Waals surface area contributed by atoms with Gasteiger partial charge in [0.15, 0.2) is 5.82 Å². The Morgan fingerprint density at radius 3 is 2.46 bits per heavy atom. The molecular formula is C14H15N5O4S. The Bertz CT molecular complexity index is 835. The van der Waals surface area contributed by atoms with Crippen molar-refractivity contribution in [3.63, 3.8) is 0 Å². The van der Waals surface area contributed by atoms with Crippen molar-refractivity contribution < 1.29 is 13.3 Å². The topological polar surface area (TPSA) is 110 Å². The highest BCUT2D eigenvalue weighted by atomic mass is 32.2. The van der Waals surface area contributed by atoms with E-state index in [1.807, 2.05) is 11.0 Å². The molecule has 0 N–H and O–H groups in total. The van der Waals surface area contributed by atoms with Gasteiger partial charge in [-0.1, -0.05) is 6.07 Å². The fourth-order valence-corrected chi connectivity index (χ4v) is 3.99. The van der Waals surface area contributed by atoms with E-state index in [0.29, 0.717) is 18.9 Å². The van der Waals surface area contributed by atoms with Crippen molar-refractivity contribution in [2.75, 3.05) is 31.1 Å². The number of hydrogen-bond acceptors (Lipinski definition) is 7. The fraction of sp³-hybridized carbons (Fsp3) is 0.286. The van der Waals surface area contributed by atoms with Gasteiger partial charge in [-0.2, -0.15) is 9.40 Å². The normalized spacial score (nSPS) is 16.1. The van der Waals surface area contributed by atoms with Gasteiger partial charge in [0.2, 0.25) is 10.0 Å². The molecule has 0 atom stereocenters. The molecule has 0 amide bonds. The lowest BCUT2D eigenvalue weighted by atomic mass is 10.3. The Morgan fingerprint density at radius 2 is 1.83 bits per heavy atom. The summed E-state index contributed by atoms with van der Waals surface area (Å²) in [6, 6.07) is 8.69. The number of non-ortho nitro benzene ring substituents is 1. The summed E-state index contributed by atoms with van der Waals surface area (Å²) >= 11 is 0. The smallest absolute Gasteiger partial charge is 0.270 e. The number of nitro benzene ring substituents is 1. The van der Waals surface area contributed by atoms with Crippen LogP contribution in [0.3, 0.4) is 0 Å². The van der Waals surface area contributed by atoms with E-state index in [1.54, 1.807) is 12.3 Å². The van der Waals surface area contributed by atoms with E-state index in [1.165, 1.54) is 22.5 Å². The monoisotopic (exact) mass is 349 g/mol. The van der Waals surface area contributed by atoms with Crippen LogP contribution in [0.25, 0.3) is 0 Å². The molecule has 1 fully saturated rings. The maximum atomic E-state index is 12.7. The maximum absolute atomic E-state index is 12.7. The molecule has 9 nitrogen and oxygen atoms in total. The van der Waals surface area contributed by atoms with Crippen LogP contribution >= 0.6 is 0 Å². The lowest BCUT2D eigenvalue weighted by molar-refractivity contribution is -0.385. The highest BCUT2D eigenvalue weighted by molar-refractivity contribution is 7.89. The van der Waals surface area contributed by atoms with Crippen LogP contribution in [0, 0.1) is 10.1 Å². The molecule has 0 unspecified atom stereocenters. The minimum absolute atomic E-state index is 0.0651. The summed E-state index contributed by atoms with van der Waals surface area (Å²) in [6.07, 6.45) is 1.58. The molecule has 2 heterocycles. The number of piperazine rings is 1. The van der Waals surface area contributed by atoms with E-state index < -0.39 is 14.9 Å². The van der Waals surface area contributed by atoms with Crippen molar-refractivity contribution in [1.29, 1.82) is 0 Å². The third kappa shape index (κ3) is 3.19. The number of sulfonamides is 1. The van der Waals surface area contributed by atoms with Crippen molar-refractivity contribution in [2.24, 2.45) is 0 Å². The van der Waals surface area contributed by atoms with Gasteiger partial charge in [0, 0.05) is 44.5 Å². The first kappa shape index (κ1) is 16.3. The first-order chi connectivity index (χ1) is 11.5. The first-order valence-electron chi connectivity index (χ1n) is 7.26.